The van der Waals surface area contributed by atoms with Gasteiger partial charge in [0, 0.05) is 28.7 Å². The van der Waals surface area contributed by atoms with Crippen molar-refractivity contribution in [3.05, 3.63) is 117 Å². The van der Waals surface area contributed by atoms with Crippen LogP contribution in [0, 0.1) is 37.8 Å². The van der Waals surface area contributed by atoms with Crippen molar-refractivity contribution >= 4 is 33.5 Å². The number of rotatable bonds is 9. The number of aromatic nitrogens is 1. The van der Waals surface area contributed by atoms with Crippen LogP contribution in [0.25, 0.3) is 5.69 Å². The molecular formula is C29H29N5O5S. The van der Waals surface area contributed by atoms with Gasteiger partial charge in [0.2, 0.25) is 0 Å². The number of nitro benzene ring substituents is 1. The maximum Gasteiger partial charge on any atom is 0.293 e. The summed E-state index contributed by atoms with van der Waals surface area (Å²) in [6.07, 6.45) is 1.49. The zero-order chi connectivity index (χ0) is 29.0. The second-order valence-electron chi connectivity index (χ2n) is 9.32. The summed E-state index contributed by atoms with van der Waals surface area (Å²) in [5.74, 6) is -0.767. The van der Waals surface area contributed by atoms with E-state index in [1.165, 1.54) is 54.7 Å². The molecule has 0 bridgehead atoms. The van der Waals surface area contributed by atoms with Crippen molar-refractivity contribution in [2.75, 3.05) is 10.8 Å². The Morgan fingerprint density at radius 1 is 1.00 bits per heavy atom. The number of nitrogens with one attached hydrogen (secondary N) is 1. The van der Waals surface area contributed by atoms with Crippen molar-refractivity contribution in [2.24, 2.45) is 5.10 Å². The molecule has 10 nitrogen and oxygen atoms in total. The van der Waals surface area contributed by atoms with E-state index in [1.54, 1.807) is 6.07 Å². The van der Waals surface area contributed by atoms with Gasteiger partial charge in [-0.1, -0.05) is 48.0 Å². The van der Waals surface area contributed by atoms with Crippen molar-refractivity contribution in [1.29, 1.82) is 0 Å². The molecule has 11 heteroatoms. The summed E-state index contributed by atoms with van der Waals surface area (Å²) in [6.45, 7) is 7.27. The fraction of sp³-hybridized carbons (Fsp3) is 0.172. The number of anilines is 1. The zero-order valence-corrected chi connectivity index (χ0v) is 23.3. The van der Waals surface area contributed by atoms with Crippen LogP contribution in [0.1, 0.15) is 28.1 Å². The largest absolute Gasteiger partial charge is 0.318 e. The lowest BCUT2D eigenvalue weighted by Gasteiger charge is -2.23. The van der Waals surface area contributed by atoms with Gasteiger partial charge in [0.25, 0.3) is 21.6 Å². The van der Waals surface area contributed by atoms with Crippen molar-refractivity contribution < 1.29 is 18.1 Å². The lowest BCUT2D eigenvalue weighted by molar-refractivity contribution is -0.384. The van der Waals surface area contributed by atoms with Crippen LogP contribution in [0.2, 0.25) is 0 Å². The average Bonchev–Trinajstić information content (AvgIpc) is 3.20. The summed E-state index contributed by atoms with van der Waals surface area (Å²) in [6, 6.07) is 20.9. The number of aryl methyl sites for hydroxylation is 3. The highest BCUT2D eigenvalue weighted by Gasteiger charge is 2.31. The Morgan fingerprint density at radius 3 is 2.35 bits per heavy atom. The molecule has 1 amide bonds. The molecule has 0 saturated carbocycles. The lowest BCUT2D eigenvalue weighted by Crippen LogP contribution is -2.39. The molecule has 206 valence electrons. The van der Waals surface area contributed by atoms with E-state index in [2.05, 4.69) is 27.2 Å². The van der Waals surface area contributed by atoms with E-state index >= 15 is 0 Å². The fourth-order valence-corrected chi connectivity index (χ4v) is 5.99. The van der Waals surface area contributed by atoms with E-state index < -0.39 is 33.1 Å². The van der Waals surface area contributed by atoms with Crippen molar-refractivity contribution in [2.45, 2.75) is 32.6 Å². The van der Waals surface area contributed by atoms with Crippen molar-refractivity contribution in [3.63, 3.8) is 0 Å². The number of nitrogens with zero attached hydrogens (tertiary/aromatic N) is 4. The summed E-state index contributed by atoms with van der Waals surface area (Å²) in [4.78, 5) is 23.8. The highest BCUT2D eigenvalue weighted by molar-refractivity contribution is 7.92. The SMILES string of the molecule is Cc1ccc(-n2c(C)cc(/C=N/NC(=O)CN(c3ccccc3[N+](=O)[O-])S(=O)(=O)c3ccccc3)c2C)c(C)c1. The molecule has 0 atom stereocenters. The van der Waals surface area contributed by atoms with E-state index in [9.17, 15) is 23.3 Å². The third kappa shape index (κ3) is 5.79. The van der Waals surface area contributed by atoms with Crippen LogP contribution in [-0.2, 0) is 14.8 Å². The molecule has 1 heterocycles. The molecule has 40 heavy (non-hydrogen) atoms. The fourth-order valence-electron chi connectivity index (χ4n) is 4.53. The van der Waals surface area contributed by atoms with Gasteiger partial charge < -0.3 is 4.57 Å². The number of amides is 1. The number of para-hydroxylation sites is 2. The molecule has 0 unspecified atom stereocenters. The molecule has 0 fully saturated rings. The summed E-state index contributed by atoms with van der Waals surface area (Å²) in [5, 5.41) is 15.7. The van der Waals surface area contributed by atoms with E-state index in [0.29, 0.717) is 0 Å². The van der Waals surface area contributed by atoms with Crippen molar-refractivity contribution in [3.8, 4) is 5.69 Å². The molecule has 0 saturated heterocycles. The first-order valence-electron chi connectivity index (χ1n) is 12.4. The van der Waals surface area contributed by atoms with Gasteiger partial charge in [-0.05, 0) is 63.6 Å². The Hall–Kier alpha value is -4.77. The summed E-state index contributed by atoms with van der Waals surface area (Å²) < 4.78 is 29.8. The molecular weight excluding hydrogens is 530 g/mol. The minimum absolute atomic E-state index is 0.108. The predicted octanol–water partition coefficient (Wildman–Crippen LogP) is 4.96. The first kappa shape index (κ1) is 28.2. The van der Waals surface area contributed by atoms with Gasteiger partial charge in [-0.15, -0.1) is 0 Å². The second-order valence-corrected chi connectivity index (χ2v) is 11.2. The molecule has 1 aromatic heterocycles. The normalized spacial score (nSPS) is 11.5. The Morgan fingerprint density at radius 2 is 1.68 bits per heavy atom. The minimum atomic E-state index is -4.32. The van der Waals surface area contributed by atoms with E-state index in [4.69, 9.17) is 0 Å². The molecule has 3 aromatic carbocycles. The van der Waals surface area contributed by atoms with E-state index in [0.717, 1.165) is 38.1 Å². The van der Waals surface area contributed by atoms with Crippen LogP contribution in [0.4, 0.5) is 11.4 Å². The number of sulfonamides is 1. The van der Waals surface area contributed by atoms with Gasteiger partial charge in [-0.25, -0.2) is 18.1 Å². The number of hydrogen-bond acceptors (Lipinski definition) is 6. The quantitative estimate of drug-likeness (QED) is 0.176. The maximum absolute atomic E-state index is 13.5. The van der Waals surface area contributed by atoms with Crippen LogP contribution >= 0.6 is 0 Å². The average molecular weight is 560 g/mol. The van der Waals surface area contributed by atoms with E-state index in [1.807, 2.05) is 39.8 Å². The Bertz CT molecular complexity index is 1710. The Kier molecular flexibility index (Phi) is 8.15. The van der Waals surface area contributed by atoms with Gasteiger partial charge >= 0.3 is 0 Å². The molecule has 0 aliphatic carbocycles. The standard InChI is InChI=1S/C29H29N5O5S/c1-20-14-15-26(21(2)16-20)33-22(3)17-24(23(33)4)18-30-31-29(35)19-32(27-12-8-9-13-28(27)34(36)37)40(38,39)25-10-6-5-7-11-25/h5-18H,19H2,1-4H3,(H,31,35)/b30-18+. The second kappa shape index (κ2) is 11.5. The number of hydrazone groups is 1. The van der Waals surface area contributed by atoms with Gasteiger partial charge in [-0.2, -0.15) is 5.10 Å². The Labute approximate surface area is 232 Å². The number of carbonyl (C=O) groups is 1. The number of hydrogen-bond donors (Lipinski definition) is 1. The van der Waals surface area contributed by atoms with Crippen LogP contribution in [0.3, 0.4) is 0 Å². The first-order chi connectivity index (χ1) is 19.0. The molecule has 0 spiro atoms. The Balaban J connectivity index is 1.60. The lowest BCUT2D eigenvalue weighted by atomic mass is 10.1. The first-order valence-corrected chi connectivity index (χ1v) is 13.8. The van der Waals surface area contributed by atoms with Crippen LogP contribution in [0.5, 0.6) is 0 Å². The highest BCUT2D eigenvalue weighted by atomic mass is 32.2. The summed E-state index contributed by atoms with van der Waals surface area (Å²) in [7, 11) is -4.32. The van der Waals surface area contributed by atoms with E-state index in [-0.39, 0.29) is 10.6 Å². The molecule has 0 aliphatic rings. The molecule has 4 rings (SSSR count). The predicted molar refractivity (Wildman–Crippen MR) is 155 cm³/mol. The van der Waals surface area contributed by atoms with Gasteiger partial charge in [0.05, 0.1) is 16.0 Å². The molecule has 1 N–H and O–H groups in total. The number of nitro groups is 1. The number of benzene rings is 3. The highest BCUT2D eigenvalue weighted by Crippen LogP contribution is 2.32. The van der Waals surface area contributed by atoms with Gasteiger partial charge in [-0.3, -0.25) is 14.9 Å². The number of carbonyl (C=O) groups excluding carboxylic acids is 1. The van der Waals surface area contributed by atoms with Crippen LogP contribution in [0.15, 0.2) is 88.9 Å². The van der Waals surface area contributed by atoms with Gasteiger partial charge in [0.15, 0.2) is 0 Å². The maximum atomic E-state index is 13.5. The molecule has 4 aromatic rings. The monoisotopic (exact) mass is 559 g/mol. The van der Waals surface area contributed by atoms with Crippen molar-refractivity contribution in [1.82, 2.24) is 9.99 Å². The summed E-state index contributed by atoms with van der Waals surface area (Å²) >= 11 is 0. The minimum Gasteiger partial charge on any atom is -0.318 e. The molecule has 0 aliphatic heterocycles. The van der Waals surface area contributed by atoms with Crippen LogP contribution in [-0.4, -0.2) is 36.6 Å². The third-order valence-corrected chi connectivity index (χ3v) is 8.20. The molecule has 0 radical (unpaired) electrons. The summed E-state index contributed by atoms with van der Waals surface area (Å²) in [5.41, 5.74) is 7.67. The smallest absolute Gasteiger partial charge is 0.293 e. The topological polar surface area (TPSA) is 127 Å². The van der Waals surface area contributed by atoms with Gasteiger partial charge in [0.1, 0.15) is 12.2 Å². The van der Waals surface area contributed by atoms with Crippen LogP contribution < -0.4 is 9.73 Å². The zero-order valence-electron chi connectivity index (χ0n) is 22.5. The third-order valence-electron chi connectivity index (χ3n) is 6.42.